The van der Waals surface area contributed by atoms with E-state index in [-0.39, 0.29) is 0 Å². The van der Waals surface area contributed by atoms with Gasteiger partial charge in [-0.15, -0.1) is 0 Å². The molecule has 0 aliphatic carbocycles. The van der Waals surface area contributed by atoms with Crippen LogP contribution in [0.4, 0.5) is 0 Å². The summed E-state index contributed by atoms with van der Waals surface area (Å²) >= 11 is 0. The van der Waals surface area contributed by atoms with Crippen LogP contribution in [-0.2, 0) is 0 Å². The first kappa shape index (κ1) is 13.8. The monoisotopic (exact) mass is 276 g/mol. The Morgan fingerprint density at radius 1 is 0.810 bits per heavy atom. The Bertz CT molecular complexity index is 802. The molecule has 0 aliphatic rings. The molecule has 0 saturated heterocycles. The lowest BCUT2D eigenvalue weighted by molar-refractivity contribution is 0.220. The number of hydrogen-bond acceptors (Lipinski definition) is 1. The zero-order valence-corrected chi connectivity index (χ0v) is 12.7. The number of aliphatic hydroxyl groups is 1. The minimum atomic E-state index is -0.586. The van der Waals surface area contributed by atoms with E-state index in [1.807, 2.05) is 18.2 Å². The standard InChI is InChI=1S/C20H20O/c1-13-8-11-17(15(3)12-13)20(21)19-14(2)9-10-16-6-4-5-7-18(16)19/h4-12,20-21H,1-3H3. The quantitative estimate of drug-likeness (QED) is 0.709. The fraction of sp³-hybridized carbons (Fsp3) is 0.200. The van der Waals surface area contributed by atoms with Crippen molar-refractivity contribution >= 4 is 10.8 Å². The molecule has 0 radical (unpaired) electrons. The predicted molar refractivity (Wildman–Crippen MR) is 88.7 cm³/mol. The lowest BCUT2D eigenvalue weighted by atomic mass is 9.90. The van der Waals surface area contributed by atoms with E-state index in [0.717, 1.165) is 27.6 Å². The second-order valence-electron chi connectivity index (χ2n) is 5.78. The first-order chi connectivity index (χ1) is 10.1. The first-order valence-electron chi connectivity index (χ1n) is 7.31. The molecule has 0 amide bonds. The van der Waals surface area contributed by atoms with Crippen LogP contribution in [0.25, 0.3) is 10.8 Å². The molecule has 3 rings (SSSR count). The van der Waals surface area contributed by atoms with Crippen molar-refractivity contribution in [3.8, 4) is 0 Å². The maximum Gasteiger partial charge on any atom is 0.105 e. The minimum Gasteiger partial charge on any atom is -0.384 e. The highest BCUT2D eigenvalue weighted by atomic mass is 16.3. The average molecular weight is 276 g/mol. The van der Waals surface area contributed by atoms with E-state index in [1.165, 1.54) is 10.9 Å². The molecule has 0 spiro atoms. The van der Waals surface area contributed by atoms with Gasteiger partial charge in [-0.1, -0.05) is 60.2 Å². The lowest BCUT2D eigenvalue weighted by Gasteiger charge is -2.19. The molecule has 21 heavy (non-hydrogen) atoms. The van der Waals surface area contributed by atoms with Crippen LogP contribution >= 0.6 is 0 Å². The average Bonchev–Trinajstić information content (AvgIpc) is 2.46. The number of benzene rings is 3. The second kappa shape index (κ2) is 5.34. The number of aliphatic hydroxyl groups excluding tert-OH is 1. The number of aryl methyl sites for hydroxylation is 3. The fourth-order valence-corrected chi connectivity index (χ4v) is 3.06. The van der Waals surface area contributed by atoms with Gasteiger partial charge in [0.1, 0.15) is 6.10 Å². The maximum absolute atomic E-state index is 10.9. The van der Waals surface area contributed by atoms with Crippen molar-refractivity contribution in [3.05, 3.63) is 82.4 Å². The summed E-state index contributed by atoms with van der Waals surface area (Å²) in [6.07, 6.45) is -0.586. The smallest absolute Gasteiger partial charge is 0.105 e. The van der Waals surface area contributed by atoms with Crippen molar-refractivity contribution in [3.63, 3.8) is 0 Å². The molecule has 3 aromatic carbocycles. The number of rotatable bonds is 2. The highest BCUT2D eigenvalue weighted by molar-refractivity contribution is 5.87. The van der Waals surface area contributed by atoms with Crippen LogP contribution in [0, 0.1) is 20.8 Å². The van der Waals surface area contributed by atoms with Gasteiger partial charge in [0, 0.05) is 0 Å². The molecule has 1 N–H and O–H groups in total. The molecule has 0 aromatic heterocycles. The molecule has 106 valence electrons. The molecule has 1 heteroatoms. The van der Waals surface area contributed by atoms with Crippen molar-refractivity contribution in [2.24, 2.45) is 0 Å². The second-order valence-corrected chi connectivity index (χ2v) is 5.78. The number of fused-ring (bicyclic) bond motifs is 1. The van der Waals surface area contributed by atoms with Gasteiger partial charge in [0.2, 0.25) is 0 Å². The summed E-state index contributed by atoms with van der Waals surface area (Å²) in [7, 11) is 0. The molecule has 0 saturated carbocycles. The molecule has 1 nitrogen and oxygen atoms in total. The van der Waals surface area contributed by atoms with E-state index in [2.05, 4.69) is 57.2 Å². The summed E-state index contributed by atoms with van der Waals surface area (Å²) in [5.41, 5.74) is 5.48. The van der Waals surface area contributed by atoms with Crippen LogP contribution in [0.1, 0.15) is 33.9 Å². The van der Waals surface area contributed by atoms with Crippen molar-refractivity contribution < 1.29 is 5.11 Å². The van der Waals surface area contributed by atoms with E-state index >= 15 is 0 Å². The summed E-state index contributed by atoms with van der Waals surface area (Å²) in [6.45, 7) is 6.20. The van der Waals surface area contributed by atoms with Crippen molar-refractivity contribution in [2.75, 3.05) is 0 Å². The largest absolute Gasteiger partial charge is 0.384 e. The molecule has 3 aromatic rings. The van der Waals surface area contributed by atoms with Crippen LogP contribution in [0.2, 0.25) is 0 Å². The fourth-order valence-electron chi connectivity index (χ4n) is 3.06. The molecule has 0 aliphatic heterocycles. The Kier molecular flexibility index (Phi) is 3.52. The van der Waals surface area contributed by atoms with Crippen LogP contribution in [0.3, 0.4) is 0 Å². The molecule has 1 unspecified atom stereocenters. The van der Waals surface area contributed by atoms with Crippen LogP contribution in [0.15, 0.2) is 54.6 Å². The Morgan fingerprint density at radius 3 is 2.33 bits per heavy atom. The Hall–Kier alpha value is -2.12. The highest BCUT2D eigenvalue weighted by Crippen LogP contribution is 2.33. The SMILES string of the molecule is Cc1ccc(C(O)c2c(C)ccc3ccccc23)c(C)c1. The normalized spacial score (nSPS) is 12.6. The van der Waals surface area contributed by atoms with Gasteiger partial charge in [0.15, 0.2) is 0 Å². The minimum absolute atomic E-state index is 0.586. The zero-order valence-electron chi connectivity index (χ0n) is 12.7. The Labute approximate surface area is 125 Å². The summed E-state index contributed by atoms with van der Waals surface area (Å²) in [4.78, 5) is 0. The number of hydrogen-bond donors (Lipinski definition) is 1. The van der Waals surface area contributed by atoms with Gasteiger partial charge in [-0.05, 0) is 53.8 Å². The molecule has 1 atom stereocenters. The lowest BCUT2D eigenvalue weighted by Crippen LogP contribution is -2.05. The molecular formula is C20H20O. The van der Waals surface area contributed by atoms with Crippen molar-refractivity contribution in [1.82, 2.24) is 0 Å². The van der Waals surface area contributed by atoms with Gasteiger partial charge in [-0.3, -0.25) is 0 Å². The van der Waals surface area contributed by atoms with E-state index < -0.39 is 6.10 Å². The summed E-state index contributed by atoms with van der Waals surface area (Å²) in [6, 6.07) is 18.7. The zero-order chi connectivity index (χ0) is 15.0. The van der Waals surface area contributed by atoms with Crippen molar-refractivity contribution in [2.45, 2.75) is 26.9 Å². The van der Waals surface area contributed by atoms with E-state index in [1.54, 1.807) is 0 Å². The first-order valence-corrected chi connectivity index (χ1v) is 7.31. The van der Waals surface area contributed by atoms with E-state index in [0.29, 0.717) is 0 Å². The van der Waals surface area contributed by atoms with Gasteiger partial charge < -0.3 is 5.11 Å². The third kappa shape index (κ3) is 2.45. The maximum atomic E-state index is 10.9. The highest BCUT2D eigenvalue weighted by Gasteiger charge is 2.17. The molecule has 0 heterocycles. The van der Waals surface area contributed by atoms with Crippen molar-refractivity contribution in [1.29, 1.82) is 0 Å². The van der Waals surface area contributed by atoms with E-state index in [9.17, 15) is 5.11 Å². The molecule has 0 bridgehead atoms. The molecular weight excluding hydrogens is 256 g/mol. The summed E-state index contributed by atoms with van der Waals surface area (Å²) < 4.78 is 0. The van der Waals surface area contributed by atoms with Gasteiger partial charge in [-0.2, -0.15) is 0 Å². The van der Waals surface area contributed by atoms with Gasteiger partial charge >= 0.3 is 0 Å². The van der Waals surface area contributed by atoms with Crippen LogP contribution in [0.5, 0.6) is 0 Å². The Balaban J connectivity index is 2.21. The third-order valence-electron chi connectivity index (χ3n) is 4.18. The summed E-state index contributed by atoms with van der Waals surface area (Å²) in [5, 5.41) is 13.2. The third-order valence-corrected chi connectivity index (χ3v) is 4.18. The summed E-state index contributed by atoms with van der Waals surface area (Å²) in [5.74, 6) is 0. The van der Waals surface area contributed by atoms with Gasteiger partial charge in [0.05, 0.1) is 0 Å². The van der Waals surface area contributed by atoms with Crippen LogP contribution in [-0.4, -0.2) is 5.11 Å². The van der Waals surface area contributed by atoms with Gasteiger partial charge in [0.25, 0.3) is 0 Å². The predicted octanol–water partition coefficient (Wildman–Crippen LogP) is 4.85. The van der Waals surface area contributed by atoms with Gasteiger partial charge in [-0.25, -0.2) is 0 Å². The molecule has 0 fully saturated rings. The topological polar surface area (TPSA) is 20.2 Å². The van der Waals surface area contributed by atoms with Crippen LogP contribution < -0.4 is 0 Å². The Morgan fingerprint density at radius 2 is 1.57 bits per heavy atom. The van der Waals surface area contributed by atoms with E-state index in [4.69, 9.17) is 0 Å².